The van der Waals surface area contributed by atoms with Crippen LogP contribution in [0.25, 0.3) is 0 Å². The lowest BCUT2D eigenvalue weighted by Gasteiger charge is -2.35. The van der Waals surface area contributed by atoms with Gasteiger partial charge in [0.1, 0.15) is 0 Å². The molecule has 0 aromatic heterocycles. The van der Waals surface area contributed by atoms with Gasteiger partial charge in [0.05, 0.1) is 13.2 Å². The van der Waals surface area contributed by atoms with Crippen LogP contribution in [0.5, 0.6) is 0 Å². The van der Waals surface area contributed by atoms with Crippen LogP contribution in [0.15, 0.2) is 24.3 Å². The Labute approximate surface area is 95.0 Å². The summed E-state index contributed by atoms with van der Waals surface area (Å²) < 4.78 is 4.77. The largest absolute Gasteiger partial charge is 0.453 e. The summed E-state index contributed by atoms with van der Waals surface area (Å²) >= 11 is 0. The monoisotopic (exact) mass is 220 g/mol. The van der Waals surface area contributed by atoms with Crippen molar-refractivity contribution in [3.05, 3.63) is 35.4 Å². The molecule has 4 heteroatoms. The van der Waals surface area contributed by atoms with Crippen molar-refractivity contribution < 1.29 is 9.53 Å². The zero-order valence-corrected chi connectivity index (χ0v) is 9.35. The lowest BCUT2D eigenvalue weighted by Crippen LogP contribution is -2.43. The van der Waals surface area contributed by atoms with Gasteiger partial charge in [0.15, 0.2) is 0 Å². The minimum absolute atomic E-state index is 0.0580. The molecule has 86 valence electrons. The number of ether oxygens (including phenoxy) is 1. The molecule has 0 spiro atoms. The van der Waals surface area contributed by atoms with Crippen LogP contribution in [0, 0.1) is 0 Å². The van der Waals surface area contributed by atoms with Crippen LogP contribution in [0.2, 0.25) is 0 Å². The molecule has 1 aliphatic rings. The SMILES string of the molecule is COC(=O)N1CCc2ccccc2C1CN. The van der Waals surface area contributed by atoms with E-state index >= 15 is 0 Å². The quantitative estimate of drug-likeness (QED) is 0.776. The van der Waals surface area contributed by atoms with Gasteiger partial charge in [0.25, 0.3) is 0 Å². The summed E-state index contributed by atoms with van der Waals surface area (Å²) in [6, 6.07) is 8.05. The van der Waals surface area contributed by atoms with Crippen LogP contribution in [0.1, 0.15) is 17.2 Å². The molecular formula is C12H16N2O2. The molecule has 2 N–H and O–H groups in total. The van der Waals surface area contributed by atoms with Gasteiger partial charge in [-0.05, 0) is 17.5 Å². The molecule has 1 heterocycles. The second kappa shape index (κ2) is 4.53. The highest BCUT2D eigenvalue weighted by atomic mass is 16.5. The molecule has 16 heavy (non-hydrogen) atoms. The maximum Gasteiger partial charge on any atom is 0.410 e. The smallest absolute Gasteiger partial charge is 0.410 e. The average Bonchev–Trinajstić information content (AvgIpc) is 2.36. The molecule has 1 aliphatic heterocycles. The Hall–Kier alpha value is -1.55. The lowest BCUT2D eigenvalue weighted by molar-refractivity contribution is 0.102. The molecule has 2 rings (SSSR count). The second-order valence-electron chi connectivity index (χ2n) is 3.86. The molecule has 0 saturated carbocycles. The zero-order chi connectivity index (χ0) is 11.5. The van der Waals surface area contributed by atoms with Crippen molar-refractivity contribution >= 4 is 6.09 Å². The van der Waals surface area contributed by atoms with Gasteiger partial charge in [-0.3, -0.25) is 4.90 Å². The van der Waals surface area contributed by atoms with E-state index in [1.54, 1.807) is 4.90 Å². The van der Waals surface area contributed by atoms with Crippen molar-refractivity contribution in [1.82, 2.24) is 4.90 Å². The Morgan fingerprint density at radius 3 is 3.00 bits per heavy atom. The van der Waals surface area contributed by atoms with E-state index in [4.69, 9.17) is 10.5 Å². The van der Waals surface area contributed by atoms with E-state index < -0.39 is 0 Å². The van der Waals surface area contributed by atoms with E-state index in [1.165, 1.54) is 12.7 Å². The number of nitrogens with two attached hydrogens (primary N) is 1. The van der Waals surface area contributed by atoms with Gasteiger partial charge in [-0.2, -0.15) is 0 Å². The summed E-state index contributed by atoms with van der Waals surface area (Å²) in [6.07, 6.45) is 0.562. The molecule has 1 aromatic carbocycles. The summed E-state index contributed by atoms with van der Waals surface area (Å²) in [5.41, 5.74) is 8.17. The van der Waals surface area contributed by atoms with Gasteiger partial charge < -0.3 is 10.5 Å². The summed E-state index contributed by atoms with van der Waals surface area (Å²) in [6.45, 7) is 1.09. The molecule has 0 fully saturated rings. The van der Waals surface area contributed by atoms with Crippen LogP contribution < -0.4 is 5.73 Å². The topological polar surface area (TPSA) is 55.6 Å². The Bertz CT molecular complexity index is 392. The van der Waals surface area contributed by atoms with Gasteiger partial charge in [0.2, 0.25) is 0 Å². The number of amides is 1. The fourth-order valence-corrected chi connectivity index (χ4v) is 2.24. The van der Waals surface area contributed by atoms with E-state index in [0.717, 1.165) is 12.0 Å². The third-order valence-electron chi connectivity index (χ3n) is 3.04. The van der Waals surface area contributed by atoms with Crippen LogP contribution >= 0.6 is 0 Å². The Kier molecular flexibility index (Phi) is 3.10. The third-order valence-corrected chi connectivity index (χ3v) is 3.04. The fraction of sp³-hybridized carbons (Fsp3) is 0.417. The first-order chi connectivity index (χ1) is 7.77. The highest BCUT2D eigenvalue weighted by Crippen LogP contribution is 2.29. The zero-order valence-electron chi connectivity index (χ0n) is 9.35. The van der Waals surface area contributed by atoms with E-state index in [1.807, 2.05) is 18.2 Å². The van der Waals surface area contributed by atoms with Crippen LogP contribution in [0.4, 0.5) is 4.79 Å². The highest BCUT2D eigenvalue weighted by molar-refractivity contribution is 5.69. The molecule has 1 aromatic rings. The number of methoxy groups -OCH3 is 1. The molecule has 4 nitrogen and oxygen atoms in total. The average molecular weight is 220 g/mol. The lowest BCUT2D eigenvalue weighted by atomic mass is 9.93. The number of benzene rings is 1. The standard InChI is InChI=1S/C12H16N2O2/c1-16-12(15)14-7-6-9-4-2-3-5-10(9)11(14)8-13/h2-5,11H,6-8,13H2,1H3. The van der Waals surface area contributed by atoms with Crippen molar-refractivity contribution in [3.8, 4) is 0 Å². The van der Waals surface area contributed by atoms with E-state index in [2.05, 4.69) is 6.07 Å². The molecule has 1 unspecified atom stereocenters. The minimum Gasteiger partial charge on any atom is -0.453 e. The molecule has 0 bridgehead atoms. The number of rotatable bonds is 1. The van der Waals surface area contributed by atoms with Crippen LogP contribution in [0.3, 0.4) is 0 Å². The van der Waals surface area contributed by atoms with Gasteiger partial charge in [0, 0.05) is 13.1 Å². The summed E-state index contributed by atoms with van der Waals surface area (Å²) in [5.74, 6) is 0. The molecule has 1 atom stereocenters. The molecule has 0 aliphatic carbocycles. The summed E-state index contributed by atoms with van der Waals surface area (Å²) in [4.78, 5) is 13.3. The number of carbonyl (C=O) groups is 1. The first-order valence-electron chi connectivity index (χ1n) is 5.40. The summed E-state index contributed by atoms with van der Waals surface area (Å²) in [7, 11) is 1.40. The van der Waals surface area contributed by atoms with Gasteiger partial charge in [-0.25, -0.2) is 4.79 Å². The number of hydrogen-bond acceptors (Lipinski definition) is 3. The number of fused-ring (bicyclic) bond motifs is 1. The predicted octanol–water partition coefficient (Wildman–Crippen LogP) is 1.31. The van der Waals surface area contributed by atoms with Crippen molar-refractivity contribution in [2.45, 2.75) is 12.5 Å². The molecule has 1 amide bonds. The maximum atomic E-state index is 11.6. The first-order valence-corrected chi connectivity index (χ1v) is 5.40. The molecule has 0 radical (unpaired) electrons. The molecule has 0 saturated heterocycles. The summed E-state index contributed by atoms with van der Waals surface area (Å²) in [5, 5.41) is 0. The number of carbonyl (C=O) groups excluding carboxylic acids is 1. The number of hydrogen-bond donors (Lipinski definition) is 1. The van der Waals surface area contributed by atoms with E-state index in [9.17, 15) is 4.79 Å². The van der Waals surface area contributed by atoms with Crippen molar-refractivity contribution in [2.75, 3.05) is 20.2 Å². The molecular weight excluding hydrogens is 204 g/mol. The maximum absolute atomic E-state index is 11.6. The van der Waals surface area contributed by atoms with E-state index in [0.29, 0.717) is 13.1 Å². The fourth-order valence-electron chi connectivity index (χ4n) is 2.24. The predicted molar refractivity (Wildman–Crippen MR) is 61.1 cm³/mol. The minimum atomic E-state index is -0.301. The third kappa shape index (κ3) is 1.76. The van der Waals surface area contributed by atoms with Gasteiger partial charge >= 0.3 is 6.09 Å². The Morgan fingerprint density at radius 1 is 1.56 bits per heavy atom. The Balaban J connectivity index is 2.33. The van der Waals surface area contributed by atoms with Crippen LogP contribution in [-0.4, -0.2) is 31.2 Å². The highest BCUT2D eigenvalue weighted by Gasteiger charge is 2.29. The number of nitrogens with zero attached hydrogens (tertiary/aromatic N) is 1. The Morgan fingerprint density at radius 2 is 2.31 bits per heavy atom. The van der Waals surface area contributed by atoms with E-state index in [-0.39, 0.29) is 12.1 Å². The van der Waals surface area contributed by atoms with Crippen LogP contribution in [-0.2, 0) is 11.2 Å². The van der Waals surface area contributed by atoms with Crippen molar-refractivity contribution in [1.29, 1.82) is 0 Å². The second-order valence-corrected chi connectivity index (χ2v) is 3.86. The normalized spacial score (nSPS) is 19.1. The first kappa shape index (κ1) is 11.0. The van der Waals surface area contributed by atoms with Crippen molar-refractivity contribution in [2.24, 2.45) is 5.73 Å². The van der Waals surface area contributed by atoms with Crippen molar-refractivity contribution in [3.63, 3.8) is 0 Å². The van der Waals surface area contributed by atoms with Gasteiger partial charge in [-0.15, -0.1) is 0 Å². The van der Waals surface area contributed by atoms with Gasteiger partial charge in [-0.1, -0.05) is 24.3 Å².